The van der Waals surface area contributed by atoms with E-state index in [2.05, 4.69) is 14.9 Å². The summed E-state index contributed by atoms with van der Waals surface area (Å²) in [6.07, 6.45) is 1.84. The highest BCUT2D eigenvalue weighted by Gasteiger charge is 2.27. The quantitative estimate of drug-likeness (QED) is 0.737. The highest BCUT2D eigenvalue weighted by atomic mass is 35.5. The van der Waals surface area contributed by atoms with Crippen molar-refractivity contribution in [1.29, 1.82) is 0 Å². The average Bonchev–Trinajstić information content (AvgIpc) is 3.15. The maximum absolute atomic E-state index is 13.1. The Balaban J connectivity index is 1.54. The van der Waals surface area contributed by atoms with E-state index >= 15 is 0 Å². The van der Waals surface area contributed by atoms with E-state index in [4.69, 9.17) is 16.3 Å². The van der Waals surface area contributed by atoms with Gasteiger partial charge in [-0.25, -0.2) is 9.37 Å². The maximum atomic E-state index is 13.1. The normalized spacial score (nSPS) is 18.2. The molecule has 134 valence electrons. The number of ether oxygens (including phenoxy) is 1. The number of nitrogens with zero attached hydrogens (tertiary/aromatic N) is 2. The van der Waals surface area contributed by atoms with Crippen LogP contribution in [0.4, 0.5) is 4.39 Å². The van der Waals surface area contributed by atoms with Crippen LogP contribution in [0.1, 0.15) is 17.4 Å². The van der Waals surface area contributed by atoms with Crippen molar-refractivity contribution in [2.24, 2.45) is 0 Å². The molecule has 0 radical (unpaired) electrons. The molecule has 1 saturated heterocycles. The van der Waals surface area contributed by atoms with E-state index < -0.39 is 0 Å². The third-order valence-corrected chi connectivity index (χ3v) is 4.86. The first-order valence-electron chi connectivity index (χ1n) is 8.56. The number of rotatable bonds is 4. The fraction of sp³-hybridized carbons (Fsp3) is 0.250. The largest absolute Gasteiger partial charge is 0.378 e. The molecule has 2 heterocycles. The number of halogens is 2. The van der Waals surface area contributed by atoms with E-state index in [-0.39, 0.29) is 11.9 Å². The van der Waals surface area contributed by atoms with Crippen LogP contribution in [-0.4, -0.2) is 34.6 Å². The summed E-state index contributed by atoms with van der Waals surface area (Å²) in [5, 5.41) is 0.708. The van der Waals surface area contributed by atoms with Crippen molar-refractivity contribution in [3.8, 4) is 11.3 Å². The first-order valence-corrected chi connectivity index (χ1v) is 8.94. The Bertz CT molecular complexity index is 864. The summed E-state index contributed by atoms with van der Waals surface area (Å²) in [5.74, 6) is 0.655. The van der Waals surface area contributed by atoms with Crippen LogP contribution < -0.4 is 0 Å². The number of hydrogen-bond acceptors (Lipinski definition) is 3. The molecule has 2 aromatic carbocycles. The molecule has 1 aromatic heterocycles. The summed E-state index contributed by atoms with van der Waals surface area (Å²) in [7, 11) is 0. The lowest BCUT2D eigenvalue weighted by molar-refractivity contribution is -0.0156. The monoisotopic (exact) mass is 371 g/mol. The van der Waals surface area contributed by atoms with Crippen LogP contribution >= 0.6 is 11.6 Å². The SMILES string of the molecule is Fc1ccc(CN2CCOC[C@H]2c2ncc(-c3ccc(Cl)cc3)[nH]2)cc1. The van der Waals surface area contributed by atoms with Crippen molar-refractivity contribution >= 4 is 11.6 Å². The van der Waals surface area contributed by atoms with Gasteiger partial charge in [-0.3, -0.25) is 4.90 Å². The van der Waals surface area contributed by atoms with Gasteiger partial charge in [-0.15, -0.1) is 0 Å². The number of morpholine rings is 1. The van der Waals surface area contributed by atoms with Crippen LogP contribution in [0.25, 0.3) is 11.3 Å². The number of nitrogens with one attached hydrogen (secondary N) is 1. The van der Waals surface area contributed by atoms with E-state index in [1.54, 1.807) is 0 Å². The molecule has 1 aliphatic rings. The minimum atomic E-state index is -0.217. The van der Waals surface area contributed by atoms with Crippen molar-refractivity contribution in [1.82, 2.24) is 14.9 Å². The van der Waals surface area contributed by atoms with E-state index in [0.717, 1.165) is 35.7 Å². The minimum absolute atomic E-state index is 0.0369. The molecule has 4 rings (SSSR count). The van der Waals surface area contributed by atoms with Crippen LogP contribution in [0.3, 0.4) is 0 Å². The van der Waals surface area contributed by atoms with E-state index in [0.29, 0.717) is 18.2 Å². The molecule has 1 fully saturated rings. The van der Waals surface area contributed by atoms with Crippen molar-refractivity contribution in [2.75, 3.05) is 19.8 Å². The summed E-state index contributed by atoms with van der Waals surface area (Å²) in [6.45, 7) is 2.79. The molecule has 0 amide bonds. The molecule has 1 N–H and O–H groups in total. The third-order valence-electron chi connectivity index (χ3n) is 4.60. The van der Waals surface area contributed by atoms with Crippen molar-refractivity contribution in [2.45, 2.75) is 12.6 Å². The van der Waals surface area contributed by atoms with Crippen LogP contribution in [-0.2, 0) is 11.3 Å². The van der Waals surface area contributed by atoms with Crippen molar-refractivity contribution in [3.05, 3.63) is 77.0 Å². The zero-order valence-electron chi connectivity index (χ0n) is 14.2. The van der Waals surface area contributed by atoms with Gasteiger partial charge in [0.1, 0.15) is 11.6 Å². The van der Waals surface area contributed by atoms with E-state index in [9.17, 15) is 4.39 Å². The Labute approximate surface area is 156 Å². The predicted molar refractivity (Wildman–Crippen MR) is 99.4 cm³/mol. The van der Waals surface area contributed by atoms with Crippen LogP contribution in [0.15, 0.2) is 54.7 Å². The topological polar surface area (TPSA) is 41.1 Å². The molecule has 1 atom stereocenters. The van der Waals surface area contributed by atoms with Crippen molar-refractivity contribution < 1.29 is 9.13 Å². The second-order valence-electron chi connectivity index (χ2n) is 6.38. The molecule has 0 unspecified atom stereocenters. The average molecular weight is 372 g/mol. The second-order valence-corrected chi connectivity index (χ2v) is 6.81. The zero-order chi connectivity index (χ0) is 17.9. The van der Waals surface area contributed by atoms with Gasteiger partial charge in [-0.2, -0.15) is 0 Å². The van der Waals surface area contributed by atoms with Gasteiger partial charge in [-0.05, 0) is 35.4 Å². The molecule has 0 spiro atoms. The van der Waals surface area contributed by atoms with Gasteiger partial charge in [0.2, 0.25) is 0 Å². The minimum Gasteiger partial charge on any atom is -0.378 e. The van der Waals surface area contributed by atoms with Crippen molar-refractivity contribution in [3.63, 3.8) is 0 Å². The Morgan fingerprint density at radius 3 is 2.69 bits per heavy atom. The molecule has 4 nitrogen and oxygen atoms in total. The number of aromatic nitrogens is 2. The summed E-state index contributed by atoms with van der Waals surface area (Å²) in [5.41, 5.74) is 3.06. The van der Waals surface area contributed by atoms with E-state index in [1.807, 2.05) is 42.6 Å². The predicted octanol–water partition coefficient (Wildman–Crippen LogP) is 4.44. The number of aromatic amines is 1. The highest BCUT2D eigenvalue weighted by Crippen LogP contribution is 2.27. The lowest BCUT2D eigenvalue weighted by atomic mass is 10.1. The van der Waals surface area contributed by atoms with Gasteiger partial charge in [0.25, 0.3) is 0 Å². The summed E-state index contributed by atoms with van der Waals surface area (Å²) in [6, 6.07) is 14.3. The molecule has 1 aliphatic heterocycles. The fourth-order valence-electron chi connectivity index (χ4n) is 3.19. The molecule has 6 heteroatoms. The molecule has 0 aliphatic carbocycles. The van der Waals surface area contributed by atoms with Gasteiger partial charge in [0.15, 0.2) is 0 Å². The van der Waals surface area contributed by atoms with Crippen LogP contribution in [0, 0.1) is 5.82 Å². The third kappa shape index (κ3) is 3.80. The molecular formula is C20H19ClFN3O. The number of imidazole rings is 1. The molecule has 26 heavy (non-hydrogen) atoms. The van der Waals surface area contributed by atoms with E-state index in [1.165, 1.54) is 12.1 Å². The summed E-state index contributed by atoms with van der Waals surface area (Å²) < 4.78 is 18.8. The Morgan fingerprint density at radius 1 is 1.15 bits per heavy atom. The molecular weight excluding hydrogens is 353 g/mol. The fourth-order valence-corrected chi connectivity index (χ4v) is 3.31. The Hall–Kier alpha value is -2.21. The number of hydrogen-bond donors (Lipinski definition) is 1. The zero-order valence-corrected chi connectivity index (χ0v) is 14.9. The second kappa shape index (κ2) is 7.58. The summed E-state index contributed by atoms with van der Waals surface area (Å²) in [4.78, 5) is 10.3. The lowest BCUT2D eigenvalue weighted by Gasteiger charge is -2.34. The van der Waals surface area contributed by atoms with Gasteiger partial charge in [-0.1, -0.05) is 35.9 Å². The molecule has 0 saturated carbocycles. The number of H-pyrrole nitrogens is 1. The first-order chi connectivity index (χ1) is 12.7. The van der Waals surface area contributed by atoms with Gasteiger partial charge in [0.05, 0.1) is 31.1 Å². The lowest BCUT2D eigenvalue weighted by Crippen LogP contribution is -2.39. The first kappa shape index (κ1) is 17.2. The highest BCUT2D eigenvalue weighted by molar-refractivity contribution is 6.30. The Morgan fingerprint density at radius 2 is 1.92 bits per heavy atom. The van der Waals surface area contributed by atoms with Crippen LogP contribution in [0.2, 0.25) is 5.02 Å². The van der Waals surface area contributed by atoms with Gasteiger partial charge >= 0.3 is 0 Å². The maximum Gasteiger partial charge on any atom is 0.126 e. The molecule has 0 bridgehead atoms. The van der Waals surface area contributed by atoms with Gasteiger partial charge < -0.3 is 9.72 Å². The standard InChI is InChI=1S/C20H19ClFN3O/c21-16-5-3-15(4-6-16)18-11-23-20(24-18)19-13-26-10-9-25(19)12-14-1-7-17(22)8-2-14/h1-8,11,19H,9-10,12-13H2,(H,23,24)/t19-/m0/s1. The Kier molecular flexibility index (Phi) is 5.02. The molecule has 3 aromatic rings. The van der Waals surface area contributed by atoms with Crippen LogP contribution in [0.5, 0.6) is 0 Å². The van der Waals surface area contributed by atoms with Gasteiger partial charge in [0, 0.05) is 18.1 Å². The number of benzene rings is 2. The summed E-state index contributed by atoms with van der Waals surface area (Å²) >= 11 is 5.96. The smallest absolute Gasteiger partial charge is 0.126 e.